The van der Waals surface area contributed by atoms with Crippen LogP contribution in [0.4, 0.5) is 0 Å². The fourth-order valence-corrected chi connectivity index (χ4v) is 1.86. The van der Waals surface area contributed by atoms with Crippen LogP contribution in [-0.4, -0.2) is 35.7 Å². The Hall–Kier alpha value is -0.340. The van der Waals surface area contributed by atoms with Gasteiger partial charge in [-0.05, 0) is 38.8 Å². The molecule has 96 valence electrons. The third-order valence-electron chi connectivity index (χ3n) is 3.12. The maximum atomic E-state index is 9.80. The molecular formula is C14H29NO. The summed E-state index contributed by atoms with van der Waals surface area (Å²) in [6.45, 7) is 11.3. The van der Waals surface area contributed by atoms with Crippen molar-refractivity contribution in [3.05, 3.63) is 12.7 Å². The van der Waals surface area contributed by atoms with Crippen molar-refractivity contribution in [2.75, 3.05) is 19.6 Å². The summed E-state index contributed by atoms with van der Waals surface area (Å²) in [5, 5.41) is 9.80. The smallest absolute Gasteiger partial charge is 0.0552 e. The summed E-state index contributed by atoms with van der Waals surface area (Å²) >= 11 is 0. The average Bonchev–Trinajstić information content (AvgIpc) is 2.30. The van der Waals surface area contributed by atoms with E-state index in [-0.39, 0.29) is 6.10 Å². The third-order valence-corrected chi connectivity index (χ3v) is 3.12. The van der Waals surface area contributed by atoms with Gasteiger partial charge in [0.05, 0.1) is 6.10 Å². The van der Waals surface area contributed by atoms with Crippen molar-refractivity contribution in [3.8, 4) is 0 Å². The fourth-order valence-electron chi connectivity index (χ4n) is 1.86. The van der Waals surface area contributed by atoms with Crippen LogP contribution in [0.25, 0.3) is 0 Å². The number of nitrogens with zero attached hydrogens (tertiary/aromatic N) is 1. The highest BCUT2D eigenvalue weighted by atomic mass is 16.3. The van der Waals surface area contributed by atoms with E-state index in [2.05, 4.69) is 25.3 Å². The van der Waals surface area contributed by atoms with E-state index in [0.717, 1.165) is 45.3 Å². The van der Waals surface area contributed by atoms with Crippen molar-refractivity contribution in [1.82, 2.24) is 4.90 Å². The minimum atomic E-state index is -0.107. The highest BCUT2D eigenvalue weighted by Gasteiger charge is 2.06. The lowest BCUT2D eigenvalue weighted by molar-refractivity contribution is 0.132. The van der Waals surface area contributed by atoms with Gasteiger partial charge in [-0.25, -0.2) is 0 Å². The van der Waals surface area contributed by atoms with Crippen LogP contribution in [0, 0.1) is 0 Å². The maximum Gasteiger partial charge on any atom is 0.0552 e. The summed E-state index contributed by atoms with van der Waals surface area (Å²) in [5.41, 5.74) is 0. The van der Waals surface area contributed by atoms with Crippen LogP contribution < -0.4 is 0 Å². The minimum absolute atomic E-state index is 0.107. The van der Waals surface area contributed by atoms with Gasteiger partial charge in [-0.3, -0.25) is 0 Å². The summed E-state index contributed by atoms with van der Waals surface area (Å²) in [4.78, 5) is 2.36. The Kier molecular flexibility index (Phi) is 10.9. The first-order valence-electron chi connectivity index (χ1n) is 6.75. The van der Waals surface area contributed by atoms with E-state index in [1.165, 1.54) is 12.8 Å². The zero-order chi connectivity index (χ0) is 12.2. The van der Waals surface area contributed by atoms with Crippen LogP contribution in [0.3, 0.4) is 0 Å². The van der Waals surface area contributed by atoms with Gasteiger partial charge in [-0.15, -0.1) is 6.58 Å². The van der Waals surface area contributed by atoms with Gasteiger partial charge in [-0.1, -0.05) is 32.8 Å². The van der Waals surface area contributed by atoms with Gasteiger partial charge in [0, 0.05) is 6.54 Å². The molecule has 1 unspecified atom stereocenters. The summed E-state index contributed by atoms with van der Waals surface area (Å²) in [6.07, 6.45) is 8.42. The maximum absolute atomic E-state index is 9.80. The van der Waals surface area contributed by atoms with E-state index in [0.29, 0.717) is 0 Å². The molecule has 0 saturated heterocycles. The molecule has 0 saturated carbocycles. The lowest BCUT2D eigenvalue weighted by Crippen LogP contribution is -2.26. The largest absolute Gasteiger partial charge is 0.393 e. The fraction of sp³-hybridized carbons (Fsp3) is 0.857. The number of hydrogen-bond acceptors (Lipinski definition) is 2. The summed E-state index contributed by atoms with van der Waals surface area (Å²) in [5.74, 6) is 0. The number of unbranched alkanes of at least 4 members (excludes halogenated alkanes) is 3. The molecule has 2 nitrogen and oxygen atoms in total. The second-order valence-electron chi connectivity index (χ2n) is 4.40. The Morgan fingerprint density at radius 1 is 1.12 bits per heavy atom. The first kappa shape index (κ1) is 15.7. The van der Waals surface area contributed by atoms with Crippen molar-refractivity contribution in [2.45, 2.75) is 58.5 Å². The zero-order valence-corrected chi connectivity index (χ0v) is 11.1. The highest BCUT2D eigenvalue weighted by Crippen LogP contribution is 2.08. The molecule has 0 aliphatic heterocycles. The van der Waals surface area contributed by atoms with Gasteiger partial charge < -0.3 is 10.0 Å². The Bertz CT molecular complexity index is 155. The molecule has 0 bridgehead atoms. The number of aliphatic hydroxyl groups excluding tert-OH is 1. The summed E-state index contributed by atoms with van der Waals surface area (Å²) in [7, 11) is 0. The van der Waals surface area contributed by atoms with Gasteiger partial charge in [0.1, 0.15) is 0 Å². The molecule has 1 atom stereocenters. The number of hydrogen-bond donors (Lipinski definition) is 1. The van der Waals surface area contributed by atoms with Gasteiger partial charge in [0.25, 0.3) is 0 Å². The van der Waals surface area contributed by atoms with E-state index in [4.69, 9.17) is 0 Å². The number of rotatable bonds is 11. The standard InChI is InChI=1S/C14H29NO/c1-4-7-8-9-10-11-14(16)12-13-15(5-2)6-3/h4,14,16H,1,5-13H2,2-3H3. The van der Waals surface area contributed by atoms with E-state index in [9.17, 15) is 5.11 Å². The minimum Gasteiger partial charge on any atom is -0.393 e. The molecule has 0 aliphatic rings. The average molecular weight is 227 g/mol. The predicted octanol–water partition coefficient (Wildman–Crippen LogP) is 3.22. The van der Waals surface area contributed by atoms with E-state index >= 15 is 0 Å². The topological polar surface area (TPSA) is 23.5 Å². The van der Waals surface area contributed by atoms with Crippen molar-refractivity contribution < 1.29 is 5.11 Å². The molecule has 0 amide bonds. The molecule has 0 radical (unpaired) electrons. The van der Waals surface area contributed by atoms with E-state index in [1.807, 2.05) is 6.08 Å². The molecule has 0 fully saturated rings. The van der Waals surface area contributed by atoms with Gasteiger partial charge >= 0.3 is 0 Å². The molecule has 0 aromatic heterocycles. The lowest BCUT2D eigenvalue weighted by atomic mass is 10.1. The normalized spacial score (nSPS) is 13.0. The van der Waals surface area contributed by atoms with Crippen molar-refractivity contribution >= 4 is 0 Å². The van der Waals surface area contributed by atoms with Gasteiger partial charge in [-0.2, -0.15) is 0 Å². The summed E-state index contributed by atoms with van der Waals surface area (Å²) < 4.78 is 0. The Balaban J connectivity index is 3.36. The van der Waals surface area contributed by atoms with Crippen LogP contribution in [0.15, 0.2) is 12.7 Å². The van der Waals surface area contributed by atoms with E-state index < -0.39 is 0 Å². The quantitative estimate of drug-likeness (QED) is 0.433. The van der Waals surface area contributed by atoms with Crippen molar-refractivity contribution in [2.24, 2.45) is 0 Å². The second-order valence-corrected chi connectivity index (χ2v) is 4.40. The van der Waals surface area contributed by atoms with Gasteiger partial charge in [0.15, 0.2) is 0 Å². The molecule has 2 heteroatoms. The molecular weight excluding hydrogens is 198 g/mol. The molecule has 1 N–H and O–H groups in total. The molecule has 0 rings (SSSR count). The molecule has 16 heavy (non-hydrogen) atoms. The SMILES string of the molecule is C=CCCCCCC(O)CCN(CC)CC. The molecule has 0 heterocycles. The first-order valence-corrected chi connectivity index (χ1v) is 6.75. The van der Waals surface area contributed by atoms with Crippen LogP contribution in [0.1, 0.15) is 52.4 Å². The Morgan fingerprint density at radius 2 is 1.81 bits per heavy atom. The lowest BCUT2D eigenvalue weighted by Gasteiger charge is -2.19. The van der Waals surface area contributed by atoms with E-state index in [1.54, 1.807) is 0 Å². The monoisotopic (exact) mass is 227 g/mol. The van der Waals surface area contributed by atoms with Crippen LogP contribution in [0.5, 0.6) is 0 Å². The molecule has 0 aliphatic carbocycles. The van der Waals surface area contributed by atoms with Crippen LogP contribution in [-0.2, 0) is 0 Å². The molecule has 0 aromatic carbocycles. The zero-order valence-electron chi connectivity index (χ0n) is 11.1. The molecule has 0 aromatic rings. The number of aliphatic hydroxyl groups is 1. The van der Waals surface area contributed by atoms with Crippen molar-refractivity contribution in [1.29, 1.82) is 0 Å². The first-order chi connectivity index (χ1) is 7.74. The Morgan fingerprint density at radius 3 is 2.38 bits per heavy atom. The van der Waals surface area contributed by atoms with Crippen molar-refractivity contribution in [3.63, 3.8) is 0 Å². The highest BCUT2D eigenvalue weighted by molar-refractivity contribution is 4.66. The third kappa shape index (κ3) is 8.93. The predicted molar refractivity (Wildman–Crippen MR) is 71.7 cm³/mol. The van der Waals surface area contributed by atoms with Crippen LogP contribution in [0.2, 0.25) is 0 Å². The van der Waals surface area contributed by atoms with Crippen LogP contribution >= 0.6 is 0 Å². The molecule has 0 spiro atoms. The Labute approximate surface area is 101 Å². The summed E-state index contributed by atoms with van der Waals surface area (Å²) in [6, 6.07) is 0. The van der Waals surface area contributed by atoms with Gasteiger partial charge in [0.2, 0.25) is 0 Å². The second kappa shape index (κ2) is 11.2. The number of allylic oxidation sites excluding steroid dienone is 1.